The minimum Gasteiger partial charge on any atom is -0.309 e. The highest BCUT2D eigenvalue weighted by Gasteiger charge is 2.19. The van der Waals surface area contributed by atoms with Crippen LogP contribution in [-0.2, 0) is 0 Å². The van der Waals surface area contributed by atoms with Crippen molar-refractivity contribution in [1.82, 2.24) is 5.32 Å². The maximum absolute atomic E-state index is 14.0. The van der Waals surface area contributed by atoms with Crippen LogP contribution in [0.2, 0.25) is 5.02 Å². The molecule has 5 heteroatoms. The number of halogens is 3. The quantitative estimate of drug-likeness (QED) is 0.830. The van der Waals surface area contributed by atoms with E-state index in [9.17, 15) is 4.39 Å². The summed E-state index contributed by atoms with van der Waals surface area (Å²) in [6, 6.07) is 6.64. The van der Waals surface area contributed by atoms with Crippen molar-refractivity contribution in [2.75, 3.05) is 7.05 Å². The van der Waals surface area contributed by atoms with Gasteiger partial charge in [0.1, 0.15) is 5.82 Å². The Morgan fingerprint density at radius 3 is 2.56 bits per heavy atom. The van der Waals surface area contributed by atoms with Crippen LogP contribution >= 0.6 is 38.9 Å². The van der Waals surface area contributed by atoms with Gasteiger partial charge in [0.25, 0.3) is 0 Å². The molecule has 1 N–H and O–H groups in total. The number of rotatable bonds is 3. The van der Waals surface area contributed by atoms with E-state index < -0.39 is 0 Å². The van der Waals surface area contributed by atoms with Gasteiger partial charge in [0.2, 0.25) is 0 Å². The standard InChI is InChI=1S/C13H12BrClFNS/c1-7-10(6-12(14)18-7)13(17-2)9-4-3-8(15)5-11(9)16/h3-6,13,17H,1-2H3. The monoisotopic (exact) mass is 347 g/mol. The van der Waals surface area contributed by atoms with Crippen LogP contribution in [0, 0.1) is 12.7 Å². The summed E-state index contributed by atoms with van der Waals surface area (Å²) in [5.41, 5.74) is 1.69. The Morgan fingerprint density at radius 2 is 2.06 bits per heavy atom. The van der Waals surface area contributed by atoms with E-state index in [0.29, 0.717) is 10.6 Å². The van der Waals surface area contributed by atoms with Crippen LogP contribution < -0.4 is 5.32 Å². The third-order valence-electron chi connectivity index (χ3n) is 2.80. The SMILES string of the molecule is CNC(c1ccc(Cl)cc1F)c1cc(Br)sc1C. The third kappa shape index (κ3) is 2.77. The van der Waals surface area contributed by atoms with E-state index in [2.05, 4.69) is 21.2 Å². The van der Waals surface area contributed by atoms with Gasteiger partial charge in [-0.2, -0.15) is 0 Å². The molecule has 0 saturated heterocycles. The van der Waals surface area contributed by atoms with Crippen molar-refractivity contribution in [3.8, 4) is 0 Å². The minimum atomic E-state index is -0.288. The Labute approximate surface area is 123 Å². The highest BCUT2D eigenvalue weighted by atomic mass is 79.9. The molecule has 1 aromatic heterocycles. The van der Waals surface area contributed by atoms with Gasteiger partial charge in [0.15, 0.2) is 0 Å². The molecule has 0 saturated carbocycles. The Balaban J connectivity index is 2.48. The van der Waals surface area contributed by atoms with Crippen LogP contribution in [0.15, 0.2) is 28.1 Å². The summed E-state index contributed by atoms with van der Waals surface area (Å²) in [4.78, 5) is 1.16. The topological polar surface area (TPSA) is 12.0 Å². The van der Waals surface area contributed by atoms with Crippen molar-refractivity contribution < 1.29 is 4.39 Å². The van der Waals surface area contributed by atoms with Crippen molar-refractivity contribution in [1.29, 1.82) is 0 Å². The molecule has 96 valence electrons. The Hall–Kier alpha value is -0.420. The van der Waals surface area contributed by atoms with Crippen LogP contribution in [0.25, 0.3) is 0 Å². The normalized spacial score (nSPS) is 12.7. The van der Waals surface area contributed by atoms with Gasteiger partial charge < -0.3 is 5.32 Å². The first-order valence-corrected chi connectivity index (χ1v) is 7.39. The van der Waals surface area contributed by atoms with Gasteiger partial charge in [-0.05, 0) is 53.7 Å². The van der Waals surface area contributed by atoms with Crippen LogP contribution in [-0.4, -0.2) is 7.05 Å². The van der Waals surface area contributed by atoms with Gasteiger partial charge in [-0.1, -0.05) is 17.7 Å². The summed E-state index contributed by atoms with van der Waals surface area (Å²) < 4.78 is 15.0. The van der Waals surface area contributed by atoms with E-state index in [0.717, 1.165) is 14.2 Å². The molecule has 0 radical (unpaired) electrons. The number of aryl methyl sites for hydroxylation is 1. The third-order valence-corrected chi connectivity index (χ3v) is 4.60. The predicted octanol–water partition coefficient (Wildman–Crippen LogP) is 4.92. The predicted molar refractivity (Wildman–Crippen MR) is 79.1 cm³/mol. The summed E-state index contributed by atoms with van der Waals surface area (Å²) in [5.74, 6) is -0.288. The molecule has 1 nitrogen and oxygen atoms in total. The zero-order valence-electron chi connectivity index (χ0n) is 9.93. The molecule has 1 aromatic carbocycles. The maximum Gasteiger partial charge on any atom is 0.129 e. The van der Waals surface area contributed by atoms with Gasteiger partial charge in [0.05, 0.1) is 9.83 Å². The number of benzene rings is 1. The lowest BCUT2D eigenvalue weighted by atomic mass is 9.99. The largest absolute Gasteiger partial charge is 0.309 e. The van der Waals surface area contributed by atoms with Crippen molar-refractivity contribution in [3.05, 3.63) is 54.9 Å². The van der Waals surface area contributed by atoms with Gasteiger partial charge >= 0.3 is 0 Å². The highest BCUT2D eigenvalue weighted by molar-refractivity contribution is 9.11. The molecule has 0 fully saturated rings. The molecule has 0 aliphatic heterocycles. The molecule has 0 spiro atoms. The zero-order valence-corrected chi connectivity index (χ0v) is 13.1. The highest BCUT2D eigenvalue weighted by Crippen LogP contribution is 2.34. The fourth-order valence-electron chi connectivity index (χ4n) is 1.96. The fraction of sp³-hybridized carbons (Fsp3) is 0.231. The summed E-state index contributed by atoms with van der Waals surface area (Å²) in [5, 5.41) is 3.56. The first kappa shape index (κ1) is 14.0. The molecular formula is C13H12BrClFNS. The number of thiophene rings is 1. The average molecular weight is 349 g/mol. The lowest BCUT2D eigenvalue weighted by molar-refractivity contribution is 0.576. The maximum atomic E-state index is 14.0. The van der Waals surface area contributed by atoms with Crippen molar-refractivity contribution in [2.45, 2.75) is 13.0 Å². The Bertz CT molecular complexity index is 570. The minimum absolute atomic E-state index is 0.162. The van der Waals surface area contributed by atoms with Gasteiger partial charge in [0, 0.05) is 15.5 Å². The van der Waals surface area contributed by atoms with Gasteiger partial charge in [-0.15, -0.1) is 11.3 Å². The Morgan fingerprint density at radius 1 is 1.33 bits per heavy atom. The van der Waals surface area contributed by atoms with E-state index in [4.69, 9.17) is 11.6 Å². The molecular weight excluding hydrogens is 337 g/mol. The first-order chi connectivity index (χ1) is 8.52. The summed E-state index contributed by atoms with van der Waals surface area (Å²) in [6.45, 7) is 2.03. The molecule has 2 aromatic rings. The smallest absolute Gasteiger partial charge is 0.129 e. The molecule has 1 heterocycles. The molecule has 0 aliphatic carbocycles. The van der Waals surface area contributed by atoms with Crippen molar-refractivity contribution in [3.63, 3.8) is 0 Å². The second-order valence-corrected chi connectivity index (χ2v) is 7.02. The second-order valence-electron chi connectivity index (χ2n) is 3.95. The summed E-state index contributed by atoms with van der Waals surface area (Å²) in [6.07, 6.45) is 0. The number of hydrogen-bond acceptors (Lipinski definition) is 2. The summed E-state index contributed by atoms with van der Waals surface area (Å²) in [7, 11) is 1.82. The van der Waals surface area contributed by atoms with Crippen LogP contribution in [0.1, 0.15) is 22.0 Å². The zero-order chi connectivity index (χ0) is 13.3. The van der Waals surface area contributed by atoms with Crippen molar-refractivity contribution >= 4 is 38.9 Å². The van der Waals surface area contributed by atoms with E-state index in [1.54, 1.807) is 23.5 Å². The first-order valence-electron chi connectivity index (χ1n) is 5.41. The molecule has 18 heavy (non-hydrogen) atoms. The van der Waals surface area contributed by atoms with E-state index in [1.807, 2.05) is 20.0 Å². The van der Waals surface area contributed by atoms with Gasteiger partial charge in [-0.3, -0.25) is 0 Å². The fourth-order valence-corrected chi connectivity index (χ4v) is 3.87. The van der Waals surface area contributed by atoms with Crippen molar-refractivity contribution in [2.24, 2.45) is 0 Å². The molecule has 2 rings (SSSR count). The average Bonchev–Trinajstić information content (AvgIpc) is 2.62. The van der Waals surface area contributed by atoms with Crippen LogP contribution in [0.3, 0.4) is 0 Å². The van der Waals surface area contributed by atoms with Crippen LogP contribution in [0.5, 0.6) is 0 Å². The van der Waals surface area contributed by atoms with Crippen LogP contribution in [0.4, 0.5) is 4.39 Å². The molecule has 0 amide bonds. The second kappa shape index (κ2) is 5.70. The van der Waals surface area contributed by atoms with Gasteiger partial charge in [-0.25, -0.2) is 4.39 Å². The van der Waals surface area contributed by atoms with E-state index >= 15 is 0 Å². The molecule has 1 unspecified atom stereocenters. The van der Waals surface area contributed by atoms with E-state index in [1.165, 1.54) is 6.07 Å². The van der Waals surface area contributed by atoms with E-state index in [-0.39, 0.29) is 11.9 Å². The lowest BCUT2D eigenvalue weighted by Crippen LogP contribution is -2.19. The molecule has 0 aliphatic rings. The summed E-state index contributed by atoms with van der Waals surface area (Å²) >= 11 is 10.9. The lowest BCUT2D eigenvalue weighted by Gasteiger charge is -2.17. The number of hydrogen-bond donors (Lipinski definition) is 1. The number of nitrogens with one attached hydrogen (secondary N) is 1. The molecule has 1 atom stereocenters. The Kier molecular flexibility index (Phi) is 4.43. The molecule has 0 bridgehead atoms.